The molecule has 1 saturated heterocycles. The highest BCUT2D eigenvalue weighted by molar-refractivity contribution is 5.79. The van der Waals surface area contributed by atoms with Gasteiger partial charge in [-0.05, 0) is 56.6 Å². The van der Waals surface area contributed by atoms with Crippen LogP contribution in [0.25, 0.3) is 0 Å². The maximum atomic E-state index is 12.9. The summed E-state index contributed by atoms with van der Waals surface area (Å²) in [5.41, 5.74) is 0. The van der Waals surface area contributed by atoms with Crippen LogP contribution in [-0.2, 0) is 0 Å². The molecule has 0 saturated carbocycles. The number of rotatable bonds is 6. The summed E-state index contributed by atoms with van der Waals surface area (Å²) in [5, 5.41) is 3.46. The van der Waals surface area contributed by atoms with E-state index in [0.29, 0.717) is 24.8 Å². The third-order valence-electron chi connectivity index (χ3n) is 4.35. The van der Waals surface area contributed by atoms with E-state index in [1.807, 2.05) is 7.05 Å². The number of aliphatic imine (C=N–C) groups is 1. The van der Waals surface area contributed by atoms with Crippen LogP contribution >= 0.6 is 0 Å². The number of nitrogens with one attached hydrogen (secondary N) is 1. The Balaban J connectivity index is 1.70. The summed E-state index contributed by atoms with van der Waals surface area (Å²) in [7, 11) is 5.98. The van der Waals surface area contributed by atoms with E-state index in [9.17, 15) is 4.39 Å². The molecule has 24 heavy (non-hydrogen) atoms. The second-order valence-corrected chi connectivity index (χ2v) is 6.42. The molecule has 1 N–H and O–H groups in total. The van der Waals surface area contributed by atoms with E-state index >= 15 is 0 Å². The van der Waals surface area contributed by atoms with Crippen LogP contribution in [0.4, 0.5) is 4.39 Å². The first-order chi connectivity index (χ1) is 11.6. The van der Waals surface area contributed by atoms with Gasteiger partial charge in [0.1, 0.15) is 18.2 Å². The van der Waals surface area contributed by atoms with E-state index in [1.165, 1.54) is 31.5 Å². The molecule has 134 valence electrons. The van der Waals surface area contributed by atoms with E-state index in [0.717, 1.165) is 19.0 Å². The first-order valence-electron chi connectivity index (χ1n) is 8.57. The average Bonchev–Trinajstić information content (AvgIpc) is 2.57. The molecule has 1 unspecified atom stereocenters. The van der Waals surface area contributed by atoms with E-state index in [2.05, 4.69) is 27.2 Å². The molecule has 5 nitrogen and oxygen atoms in total. The van der Waals surface area contributed by atoms with Crippen molar-refractivity contribution in [3.05, 3.63) is 30.1 Å². The number of nitrogens with zero attached hydrogens (tertiary/aromatic N) is 3. The van der Waals surface area contributed by atoms with Crippen molar-refractivity contribution in [2.45, 2.75) is 12.8 Å². The zero-order chi connectivity index (χ0) is 17.4. The van der Waals surface area contributed by atoms with E-state index in [1.54, 1.807) is 19.2 Å². The van der Waals surface area contributed by atoms with Crippen LogP contribution in [0, 0.1) is 11.7 Å². The average molecular weight is 336 g/mol. The largest absolute Gasteiger partial charge is 0.492 e. The van der Waals surface area contributed by atoms with Gasteiger partial charge in [-0.1, -0.05) is 0 Å². The number of guanidine groups is 1. The summed E-state index contributed by atoms with van der Waals surface area (Å²) in [4.78, 5) is 8.78. The molecule has 1 aliphatic heterocycles. The fourth-order valence-electron chi connectivity index (χ4n) is 3.00. The summed E-state index contributed by atoms with van der Waals surface area (Å²) >= 11 is 0. The number of piperidine rings is 1. The summed E-state index contributed by atoms with van der Waals surface area (Å²) in [6, 6.07) is 6.09. The minimum atomic E-state index is -0.252. The fourth-order valence-corrected chi connectivity index (χ4v) is 3.00. The number of ether oxygens (including phenoxy) is 1. The molecule has 1 aromatic rings. The second-order valence-electron chi connectivity index (χ2n) is 6.42. The Bertz CT molecular complexity index is 520. The van der Waals surface area contributed by atoms with Crippen molar-refractivity contribution in [2.24, 2.45) is 10.9 Å². The highest BCUT2D eigenvalue weighted by Crippen LogP contribution is 2.14. The van der Waals surface area contributed by atoms with Crippen molar-refractivity contribution in [3.8, 4) is 5.75 Å². The third-order valence-corrected chi connectivity index (χ3v) is 4.35. The smallest absolute Gasteiger partial charge is 0.193 e. The van der Waals surface area contributed by atoms with Crippen molar-refractivity contribution < 1.29 is 9.13 Å². The Morgan fingerprint density at radius 1 is 1.42 bits per heavy atom. The summed E-state index contributed by atoms with van der Waals surface area (Å²) in [5.74, 6) is 1.98. The molecule has 1 aromatic carbocycles. The van der Waals surface area contributed by atoms with Gasteiger partial charge in [-0.15, -0.1) is 0 Å². The lowest BCUT2D eigenvalue weighted by Crippen LogP contribution is -2.45. The normalized spacial score (nSPS) is 19.2. The molecular weight excluding hydrogens is 307 g/mol. The molecule has 1 heterocycles. The second kappa shape index (κ2) is 9.47. The third kappa shape index (κ3) is 6.00. The molecule has 0 spiro atoms. The van der Waals surface area contributed by atoms with Crippen LogP contribution in [0.1, 0.15) is 12.8 Å². The predicted molar refractivity (Wildman–Crippen MR) is 96.1 cm³/mol. The Labute approximate surface area is 144 Å². The van der Waals surface area contributed by atoms with Crippen molar-refractivity contribution in [2.75, 3.05) is 53.9 Å². The van der Waals surface area contributed by atoms with E-state index in [4.69, 9.17) is 4.74 Å². The minimum absolute atomic E-state index is 0.252. The van der Waals surface area contributed by atoms with Gasteiger partial charge in [-0.2, -0.15) is 0 Å². The molecule has 0 radical (unpaired) electrons. The summed E-state index contributed by atoms with van der Waals surface area (Å²) in [6.07, 6.45) is 2.54. The molecule has 0 aliphatic carbocycles. The first-order valence-corrected chi connectivity index (χ1v) is 8.57. The van der Waals surface area contributed by atoms with Gasteiger partial charge in [0.15, 0.2) is 5.96 Å². The van der Waals surface area contributed by atoms with Crippen LogP contribution in [0.5, 0.6) is 5.75 Å². The predicted octanol–water partition coefficient (Wildman–Crippen LogP) is 2.05. The van der Waals surface area contributed by atoms with Gasteiger partial charge in [0, 0.05) is 27.2 Å². The Hall–Kier alpha value is -1.82. The molecule has 6 heteroatoms. The lowest BCUT2D eigenvalue weighted by atomic mass is 9.99. The fraction of sp³-hybridized carbons (Fsp3) is 0.611. The molecule has 0 bridgehead atoms. The van der Waals surface area contributed by atoms with Crippen molar-refractivity contribution in [1.29, 1.82) is 0 Å². The first kappa shape index (κ1) is 18.5. The van der Waals surface area contributed by atoms with Gasteiger partial charge in [-0.25, -0.2) is 4.39 Å². The number of likely N-dealkylation sites (tertiary alicyclic amines) is 1. The zero-order valence-electron chi connectivity index (χ0n) is 15.0. The highest BCUT2D eigenvalue weighted by Gasteiger charge is 2.17. The van der Waals surface area contributed by atoms with Gasteiger partial charge in [-0.3, -0.25) is 4.99 Å². The van der Waals surface area contributed by atoms with Crippen molar-refractivity contribution in [3.63, 3.8) is 0 Å². The summed E-state index contributed by atoms with van der Waals surface area (Å²) < 4.78 is 18.5. The molecule has 2 rings (SSSR count). The number of likely N-dealkylation sites (N-methyl/N-ethyl adjacent to an activating group) is 1. The topological polar surface area (TPSA) is 40.1 Å². The Morgan fingerprint density at radius 3 is 2.83 bits per heavy atom. The zero-order valence-corrected chi connectivity index (χ0v) is 15.0. The molecule has 0 aromatic heterocycles. The van der Waals surface area contributed by atoms with Crippen LogP contribution < -0.4 is 10.1 Å². The molecular formula is C18H29FN4O. The lowest BCUT2D eigenvalue weighted by Gasteiger charge is -2.31. The molecule has 1 atom stereocenters. The van der Waals surface area contributed by atoms with Crippen LogP contribution in [0.3, 0.4) is 0 Å². The standard InChI is InChI=1S/C18H29FN4O/c1-20-18(21-13-15-5-4-10-22(2)14-15)23(3)11-12-24-17-8-6-16(19)7-9-17/h6-9,15H,4-5,10-14H2,1-3H3,(H,20,21). The van der Waals surface area contributed by atoms with Gasteiger partial charge in [0.25, 0.3) is 0 Å². The van der Waals surface area contributed by atoms with E-state index in [-0.39, 0.29) is 5.82 Å². The van der Waals surface area contributed by atoms with Crippen molar-refractivity contribution in [1.82, 2.24) is 15.1 Å². The van der Waals surface area contributed by atoms with Crippen LogP contribution in [0.15, 0.2) is 29.3 Å². The van der Waals surface area contributed by atoms with Gasteiger partial charge < -0.3 is 19.9 Å². The minimum Gasteiger partial charge on any atom is -0.492 e. The van der Waals surface area contributed by atoms with Gasteiger partial charge >= 0.3 is 0 Å². The van der Waals surface area contributed by atoms with Crippen LogP contribution in [0.2, 0.25) is 0 Å². The number of hydrogen-bond acceptors (Lipinski definition) is 3. The lowest BCUT2D eigenvalue weighted by molar-refractivity contribution is 0.209. The Morgan fingerprint density at radius 2 is 2.17 bits per heavy atom. The highest BCUT2D eigenvalue weighted by atomic mass is 19.1. The Kier molecular flexibility index (Phi) is 7.31. The SMILES string of the molecule is CN=C(NCC1CCCN(C)C1)N(C)CCOc1ccc(F)cc1. The van der Waals surface area contributed by atoms with E-state index < -0.39 is 0 Å². The van der Waals surface area contributed by atoms with Crippen molar-refractivity contribution >= 4 is 5.96 Å². The molecule has 1 fully saturated rings. The number of benzene rings is 1. The maximum Gasteiger partial charge on any atom is 0.193 e. The van der Waals surface area contributed by atoms with Gasteiger partial charge in [0.2, 0.25) is 0 Å². The number of halogens is 1. The van der Waals surface area contributed by atoms with Crippen LogP contribution in [-0.4, -0.2) is 69.7 Å². The quantitative estimate of drug-likeness (QED) is 0.638. The summed E-state index contributed by atoms with van der Waals surface area (Å²) in [6.45, 7) is 4.52. The molecule has 1 aliphatic rings. The monoisotopic (exact) mass is 336 g/mol. The maximum absolute atomic E-state index is 12.9. The number of hydrogen-bond donors (Lipinski definition) is 1. The van der Waals surface area contributed by atoms with Gasteiger partial charge in [0.05, 0.1) is 6.54 Å². The molecule has 0 amide bonds.